The summed E-state index contributed by atoms with van der Waals surface area (Å²) < 4.78 is 0. The first kappa shape index (κ1) is 14.8. The average Bonchev–Trinajstić information content (AvgIpc) is 2.27. The Hall–Kier alpha value is -1.24. The maximum absolute atomic E-state index is 10.3. The molecule has 0 aliphatic rings. The van der Waals surface area contributed by atoms with Crippen LogP contribution in [0.2, 0.25) is 0 Å². The van der Waals surface area contributed by atoms with Crippen LogP contribution in [-0.4, -0.2) is 5.11 Å². The summed E-state index contributed by atoms with van der Waals surface area (Å²) in [5, 5.41) is 10.3. The van der Waals surface area contributed by atoms with Gasteiger partial charge in [0.2, 0.25) is 0 Å². The zero-order valence-corrected chi connectivity index (χ0v) is 12.6. The molecular formula is C17H26O. The van der Waals surface area contributed by atoms with Gasteiger partial charge in [0.25, 0.3) is 0 Å². The normalized spacial score (nSPS) is 12.6. The van der Waals surface area contributed by atoms with E-state index in [0.717, 1.165) is 12.0 Å². The van der Waals surface area contributed by atoms with Crippen LogP contribution in [0.15, 0.2) is 24.8 Å². The zero-order valence-electron chi connectivity index (χ0n) is 12.6. The highest BCUT2D eigenvalue weighted by Gasteiger charge is 2.30. The van der Waals surface area contributed by atoms with E-state index in [4.69, 9.17) is 0 Å². The van der Waals surface area contributed by atoms with Gasteiger partial charge in [0, 0.05) is 11.0 Å². The Morgan fingerprint density at radius 2 is 1.67 bits per heavy atom. The summed E-state index contributed by atoms with van der Waals surface area (Å²) in [6.07, 6.45) is 2.89. The zero-order chi connectivity index (χ0) is 14.1. The predicted octanol–water partition coefficient (Wildman–Crippen LogP) is 4.72. The van der Waals surface area contributed by atoms with Crippen molar-refractivity contribution < 1.29 is 5.11 Å². The van der Waals surface area contributed by atoms with Gasteiger partial charge in [0.15, 0.2) is 0 Å². The molecule has 0 aromatic heterocycles. The fourth-order valence-corrected chi connectivity index (χ4v) is 2.54. The number of aromatic hydroxyl groups is 1. The molecule has 0 unspecified atom stereocenters. The van der Waals surface area contributed by atoms with E-state index in [2.05, 4.69) is 48.1 Å². The molecule has 1 heteroatoms. The molecule has 0 saturated carbocycles. The minimum Gasteiger partial charge on any atom is -0.508 e. The Balaban J connectivity index is 3.73. The highest BCUT2D eigenvalue weighted by atomic mass is 16.3. The Labute approximate surface area is 112 Å². The molecule has 1 rings (SSSR count). The van der Waals surface area contributed by atoms with E-state index in [9.17, 15) is 5.11 Å². The van der Waals surface area contributed by atoms with Crippen LogP contribution >= 0.6 is 0 Å². The Kier molecular flexibility index (Phi) is 3.95. The molecule has 0 fully saturated rings. The molecular weight excluding hydrogens is 220 g/mol. The fraction of sp³-hybridized carbons (Fsp3) is 0.529. The maximum atomic E-state index is 10.3. The SMILES string of the molecule is C=CC(C)(C)c1c(O)ccc(CC)c1C(C)(C)C. The van der Waals surface area contributed by atoms with Crippen LogP contribution in [0.1, 0.15) is 58.2 Å². The van der Waals surface area contributed by atoms with Crippen molar-refractivity contribution in [3.63, 3.8) is 0 Å². The van der Waals surface area contributed by atoms with Crippen molar-refractivity contribution >= 4 is 0 Å². The largest absolute Gasteiger partial charge is 0.508 e. The topological polar surface area (TPSA) is 20.2 Å². The van der Waals surface area contributed by atoms with Crippen molar-refractivity contribution in [3.05, 3.63) is 41.5 Å². The molecule has 0 amide bonds. The van der Waals surface area contributed by atoms with E-state index in [1.54, 1.807) is 0 Å². The van der Waals surface area contributed by atoms with Gasteiger partial charge in [-0.1, -0.05) is 53.7 Å². The quantitative estimate of drug-likeness (QED) is 0.765. The van der Waals surface area contributed by atoms with E-state index < -0.39 is 0 Å². The van der Waals surface area contributed by atoms with Gasteiger partial charge in [-0.3, -0.25) is 0 Å². The van der Waals surface area contributed by atoms with Gasteiger partial charge in [-0.25, -0.2) is 0 Å². The summed E-state index contributed by atoms with van der Waals surface area (Å²) >= 11 is 0. The van der Waals surface area contributed by atoms with Crippen LogP contribution in [0, 0.1) is 0 Å². The summed E-state index contributed by atoms with van der Waals surface area (Å²) in [6.45, 7) is 16.9. The summed E-state index contributed by atoms with van der Waals surface area (Å²) in [7, 11) is 0. The van der Waals surface area contributed by atoms with Gasteiger partial charge in [-0.15, -0.1) is 6.58 Å². The van der Waals surface area contributed by atoms with Crippen molar-refractivity contribution in [1.29, 1.82) is 0 Å². The summed E-state index contributed by atoms with van der Waals surface area (Å²) in [4.78, 5) is 0. The van der Waals surface area contributed by atoms with Gasteiger partial charge in [0.1, 0.15) is 5.75 Å². The Morgan fingerprint density at radius 3 is 2.06 bits per heavy atom. The van der Waals surface area contributed by atoms with Crippen LogP contribution in [0.25, 0.3) is 0 Å². The Bertz CT molecular complexity index is 447. The standard InChI is InChI=1S/C17H26O/c1-8-12-10-11-13(18)15(17(6,7)9-2)14(12)16(3,4)5/h9-11,18H,2,8H2,1,3-7H3. The molecule has 0 spiro atoms. The Morgan fingerprint density at radius 1 is 1.11 bits per heavy atom. The second-order valence-electron chi connectivity index (χ2n) is 6.52. The highest BCUT2D eigenvalue weighted by Crippen LogP contribution is 2.42. The minimum absolute atomic E-state index is 0.0136. The molecule has 0 aliphatic carbocycles. The summed E-state index contributed by atoms with van der Waals surface area (Å²) in [6, 6.07) is 3.85. The summed E-state index contributed by atoms with van der Waals surface area (Å²) in [5.74, 6) is 0.377. The lowest BCUT2D eigenvalue weighted by molar-refractivity contribution is 0.444. The number of hydrogen-bond donors (Lipinski definition) is 1. The van der Waals surface area contributed by atoms with Crippen molar-refractivity contribution in [2.45, 2.75) is 58.8 Å². The number of benzene rings is 1. The molecule has 0 aliphatic heterocycles. The van der Waals surface area contributed by atoms with E-state index in [-0.39, 0.29) is 10.8 Å². The van der Waals surface area contributed by atoms with Crippen LogP contribution in [0.4, 0.5) is 0 Å². The molecule has 1 N–H and O–H groups in total. The molecule has 0 radical (unpaired) electrons. The lowest BCUT2D eigenvalue weighted by Crippen LogP contribution is -2.24. The van der Waals surface area contributed by atoms with E-state index in [1.165, 1.54) is 11.1 Å². The first-order valence-corrected chi connectivity index (χ1v) is 6.64. The number of phenolic OH excluding ortho intramolecular Hbond substituents is 1. The van der Waals surface area contributed by atoms with Crippen LogP contribution in [0.3, 0.4) is 0 Å². The van der Waals surface area contributed by atoms with Gasteiger partial charge in [0.05, 0.1) is 0 Å². The average molecular weight is 246 g/mol. The number of phenols is 1. The van der Waals surface area contributed by atoms with Crippen molar-refractivity contribution in [1.82, 2.24) is 0 Å². The first-order chi connectivity index (χ1) is 8.15. The maximum Gasteiger partial charge on any atom is 0.119 e. The van der Waals surface area contributed by atoms with Gasteiger partial charge < -0.3 is 5.11 Å². The first-order valence-electron chi connectivity index (χ1n) is 6.64. The second-order valence-corrected chi connectivity index (χ2v) is 6.52. The lowest BCUT2D eigenvalue weighted by atomic mass is 9.71. The van der Waals surface area contributed by atoms with Gasteiger partial charge in [-0.05, 0) is 29.0 Å². The molecule has 0 bridgehead atoms. The molecule has 0 heterocycles. The van der Waals surface area contributed by atoms with Crippen LogP contribution in [0.5, 0.6) is 5.75 Å². The van der Waals surface area contributed by atoms with Crippen molar-refractivity contribution in [3.8, 4) is 5.75 Å². The second kappa shape index (κ2) is 4.79. The number of aryl methyl sites for hydroxylation is 1. The number of allylic oxidation sites excluding steroid dienone is 1. The number of rotatable bonds is 3. The van der Waals surface area contributed by atoms with Crippen LogP contribution in [-0.2, 0) is 17.3 Å². The third-order valence-electron chi connectivity index (χ3n) is 3.56. The molecule has 0 saturated heterocycles. The minimum atomic E-state index is -0.224. The molecule has 1 nitrogen and oxygen atoms in total. The third kappa shape index (κ3) is 2.60. The monoisotopic (exact) mass is 246 g/mol. The van der Waals surface area contributed by atoms with Crippen molar-refractivity contribution in [2.24, 2.45) is 0 Å². The van der Waals surface area contributed by atoms with E-state index >= 15 is 0 Å². The third-order valence-corrected chi connectivity index (χ3v) is 3.56. The van der Waals surface area contributed by atoms with Gasteiger partial charge in [-0.2, -0.15) is 0 Å². The molecule has 1 aromatic carbocycles. The molecule has 18 heavy (non-hydrogen) atoms. The van der Waals surface area contributed by atoms with Crippen LogP contribution < -0.4 is 0 Å². The predicted molar refractivity (Wildman–Crippen MR) is 79.4 cm³/mol. The molecule has 100 valence electrons. The molecule has 0 atom stereocenters. The van der Waals surface area contributed by atoms with Crippen molar-refractivity contribution in [2.75, 3.05) is 0 Å². The number of hydrogen-bond acceptors (Lipinski definition) is 1. The van der Waals surface area contributed by atoms with Gasteiger partial charge >= 0.3 is 0 Å². The summed E-state index contributed by atoms with van der Waals surface area (Å²) in [5.41, 5.74) is 3.38. The fourth-order valence-electron chi connectivity index (χ4n) is 2.54. The smallest absolute Gasteiger partial charge is 0.119 e. The van der Waals surface area contributed by atoms with E-state index in [1.807, 2.05) is 18.2 Å². The molecule has 1 aromatic rings. The lowest BCUT2D eigenvalue weighted by Gasteiger charge is -2.33. The highest BCUT2D eigenvalue weighted by molar-refractivity contribution is 5.53. The van der Waals surface area contributed by atoms with E-state index in [0.29, 0.717) is 5.75 Å².